The molecule has 3 nitrogen and oxygen atoms in total. The first-order valence-corrected chi connectivity index (χ1v) is 3.65. The molecule has 60 valence electrons. The third-order valence-corrected chi connectivity index (χ3v) is 1.32. The van der Waals surface area contributed by atoms with E-state index < -0.39 is 0 Å². The molecule has 12 heavy (non-hydrogen) atoms. The van der Waals surface area contributed by atoms with E-state index >= 15 is 0 Å². The van der Waals surface area contributed by atoms with Gasteiger partial charge >= 0.3 is 0 Å². The Morgan fingerprint density at radius 2 is 2.17 bits per heavy atom. The average Bonchev–Trinajstić information content (AvgIpc) is 2.09. The number of aromatic nitrogens is 2. The van der Waals surface area contributed by atoms with E-state index in [-0.39, 0.29) is 0 Å². The highest BCUT2D eigenvalue weighted by atomic mass is 14.8. The monoisotopic (exact) mass is 159 g/mol. The van der Waals surface area contributed by atoms with Gasteiger partial charge in [-0.1, -0.05) is 12.2 Å². The van der Waals surface area contributed by atoms with Gasteiger partial charge in [-0.15, -0.1) is 0 Å². The molecule has 0 bridgehead atoms. The molecule has 0 fully saturated rings. The van der Waals surface area contributed by atoms with E-state index in [9.17, 15) is 0 Å². The number of rotatable bonds is 2. The van der Waals surface area contributed by atoms with Gasteiger partial charge in [0.25, 0.3) is 0 Å². The number of allylic oxidation sites excluding steroid dienone is 1. The first-order chi connectivity index (χ1) is 5.83. The predicted molar refractivity (Wildman–Crippen MR) is 46.0 cm³/mol. The van der Waals surface area contributed by atoms with Gasteiger partial charge in [0.05, 0.1) is 12.5 Å². The van der Waals surface area contributed by atoms with Crippen LogP contribution < -0.4 is 0 Å². The number of nitrogens with zero attached hydrogens (tertiary/aromatic N) is 3. The summed E-state index contributed by atoms with van der Waals surface area (Å²) < 4.78 is 0. The summed E-state index contributed by atoms with van der Waals surface area (Å²) in [6, 6.07) is 2.02. The summed E-state index contributed by atoms with van der Waals surface area (Å²) in [5.41, 5.74) is 0.927. The van der Waals surface area contributed by atoms with E-state index in [1.54, 1.807) is 18.5 Å². The zero-order valence-corrected chi connectivity index (χ0v) is 6.86. The van der Waals surface area contributed by atoms with Gasteiger partial charge in [0, 0.05) is 18.0 Å². The Morgan fingerprint density at radius 3 is 2.75 bits per heavy atom. The normalized spacial score (nSPS) is 10.0. The third-order valence-electron chi connectivity index (χ3n) is 1.32. The van der Waals surface area contributed by atoms with Crippen molar-refractivity contribution in [3.63, 3.8) is 0 Å². The third kappa shape index (κ3) is 2.51. The summed E-state index contributed by atoms with van der Waals surface area (Å²) in [4.78, 5) is 8.03. The number of nitriles is 1. The molecule has 0 saturated heterocycles. The van der Waals surface area contributed by atoms with E-state index in [0.717, 1.165) is 11.4 Å². The Labute approximate surface area is 71.4 Å². The van der Waals surface area contributed by atoms with Crippen molar-refractivity contribution < 1.29 is 0 Å². The van der Waals surface area contributed by atoms with Crippen LogP contribution in [0, 0.1) is 18.3 Å². The molecule has 0 amide bonds. The van der Waals surface area contributed by atoms with Crippen LogP contribution in [0.1, 0.15) is 17.8 Å². The molecule has 1 aromatic heterocycles. The number of hydrogen-bond donors (Lipinski definition) is 0. The fourth-order valence-corrected chi connectivity index (χ4v) is 0.736. The predicted octanol–water partition coefficient (Wildman–Crippen LogP) is 1.71. The summed E-state index contributed by atoms with van der Waals surface area (Å²) in [5, 5.41) is 8.26. The summed E-state index contributed by atoms with van der Waals surface area (Å²) >= 11 is 0. The smallest absolute Gasteiger partial charge is 0.125 e. The van der Waals surface area contributed by atoms with E-state index in [2.05, 4.69) is 9.97 Å². The van der Waals surface area contributed by atoms with Gasteiger partial charge < -0.3 is 0 Å². The van der Waals surface area contributed by atoms with Gasteiger partial charge in [0.15, 0.2) is 0 Å². The Morgan fingerprint density at radius 1 is 1.50 bits per heavy atom. The number of hydrogen-bond acceptors (Lipinski definition) is 3. The second-order valence-corrected chi connectivity index (χ2v) is 2.33. The fourth-order valence-electron chi connectivity index (χ4n) is 0.736. The summed E-state index contributed by atoms with van der Waals surface area (Å²) in [5.74, 6) is 0.757. The minimum absolute atomic E-state index is 0.424. The van der Waals surface area contributed by atoms with E-state index in [0.29, 0.717) is 6.42 Å². The summed E-state index contributed by atoms with van der Waals surface area (Å²) in [7, 11) is 0. The van der Waals surface area contributed by atoms with Crippen molar-refractivity contribution in [2.75, 3.05) is 0 Å². The lowest BCUT2D eigenvalue weighted by molar-refractivity contribution is 1.05. The van der Waals surface area contributed by atoms with Crippen LogP contribution in [0.4, 0.5) is 0 Å². The van der Waals surface area contributed by atoms with Crippen LogP contribution in [-0.2, 0) is 0 Å². The van der Waals surface area contributed by atoms with Crippen molar-refractivity contribution in [2.45, 2.75) is 13.3 Å². The molecule has 0 aliphatic rings. The van der Waals surface area contributed by atoms with Crippen LogP contribution in [0.5, 0.6) is 0 Å². The molecule has 0 aliphatic heterocycles. The van der Waals surface area contributed by atoms with Crippen molar-refractivity contribution in [3.05, 3.63) is 29.9 Å². The van der Waals surface area contributed by atoms with E-state index in [4.69, 9.17) is 5.26 Å². The lowest BCUT2D eigenvalue weighted by Crippen LogP contribution is -1.85. The van der Waals surface area contributed by atoms with Gasteiger partial charge in [0.1, 0.15) is 5.82 Å². The molecule has 3 heteroatoms. The first-order valence-electron chi connectivity index (χ1n) is 3.65. The molecule has 0 unspecified atom stereocenters. The highest BCUT2D eigenvalue weighted by Gasteiger charge is 1.87. The zero-order valence-electron chi connectivity index (χ0n) is 6.86. The van der Waals surface area contributed by atoms with Crippen LogP contribution in [0.2, 0.25) is 0 Å². The molecule has 0 N–H and O–H groups in total. The lowest BCUT2D eigenvalue weighted by Gasteiger charge is -1.91. The van der Waals surface area contributed by atoms with E-state index in [1.807, 2.05) is 19.1 Å². The Kier molecular flexibility index (Phi) is 2.97. The molecular formula is C9H9N3. The molecule has 0 aliphatic carbocycles. The second kappa shape index (κ2) is 4.24. The van der Waals surface area contributed by atoms with Crippen molar-refractivity contribution in [1.82, 2.24) is 9.97 Å². The highest BCUT2D eigenvalue weighted by Crippen LogP contribution is 1.98. The van der Waals surface area contributed by atoms with Crippen LogP contribution in [0.15, 0.2) is 18.5 Å². The number of aryl methyl sites for hydroxylation is 1. The first kappa shape index (κ1) is 8.41. The SMILES string of the molecule is Cc1ncc(C=CCC#N)cn1. The highest BCUT2D eigenvalue weighted by molar-refractivity contribution is 5.46. The zero-order chi connectivity index (χ0) is 8.81. The maximum Gasteiger partial charge on any atom is 0.125 e. The molecule has 1 aromatic rings. The molecule has 0 radical (unpaired) electrons. The van der Waals surface area contributed by atoms with Crippen molar-refractivity contribution in [1.29, 1.82) is 5.26 Å². The van der Waals surface area contributed by atoms with Gasteiger partial charge in [-0.3, -0.25) is 0 Å². The molecule has 1 heterocycles. The van der Waals surface area contributed by atoms with Gasteiger partial charge in [-0.2, -0.15) is 5.26 Å². The fraction of sp³-hybridized carbons (Fsp3) is 0.222. The molecule has 0 atom stereocenters. The molecule has 1 rings (SSSR count). The Hall–Kier alpha value is -1.69. The van der Waals surface area contributed by atoms with Gasteiger partial charge in [-0.05, 0) is 6.92 Å². The van der Waals surface area contributed by atoms with Crippen molar-refractivity contribution in [3.8, 4) is 6.07 Å². The maximum absolute atomic E-state index is 8.26. The Balaban J connectivity index is 2.66. The van der Waals surface area contributed by atoms with Crippen molar-refractivity contribution in [2.24, 2.45) is 0 Å². The largest absolute Gasteiger partial charge is 0.241 e. The molecule has 0 saturated carbocycles. The lowest BCUT2D eigenvalue weighted by atomic mass is 10.3. The van der Waals surface area contributed by atoms with Gasteiger partial charge in [-0.25, -0.2) is 9.97 Å². The molecule has 0 spiro atoms. The second-order valence-electron chi connectivity index (χ2n) is 2.33. The molecule has 0 aromatic carbocycles. The van der Waals surface area contributed by atoms with E-state index in [1.165, 1.54) is 0 Å². The van der Waals surface area contributed by atoms with Crippen molar-refractivity contribution >= 4 is 6.08 Å². The maximum atomic E-state index is 8.26. The van der Waals surface area contributed by atoms with Crippen LogP contribution in [-0.4, -0.2) is 9.97 Å². The summed E-state index contributed by atoms with van der Waals surface area (Å²) in [6.45, 7) is 1.84. The minimum Gasteiger partial charge on any atom is -0.241 e. The van der Waals surface area contributed by atoms with Gasteiger partial charge in [0.2, 0.25) is 0 Å². The quantitative estimate of drug-likeness (QED) is 0.660. The van der Waals surface area contributed by atoms with Crippen LogP contribution >= 0.6 is 0 Å². The summed E-state index contributed by atoms with van der Waals surface area (Å²) in [6.07, 6.45) is 7.51. The van der Waals surface area contributed by atoms with Crippen LogP contribution in [0.25, 0.3) is 6.08 Å². The average molecular weight is 159 g/mol. The standard InChI is InChI=1S/C9H9N3/c1-8-11-6-9(7-12-8)4-2-3-5-10/h2,4,6-7H,3H2,1H3. The van der Waals surface area contributed by atoms with Crippen LogP contribution in [0.3, 0.4) is 0 Å². The minimum atomic E-state index is 0.424. The topological polar surface area (TPSA) is 49.6 Å². The molecular weight excluding hydrogens is 150 g/mol. The Bertz CT molecular complexity index is 306.